The molecular formula is C19H28FIN4O2. The topological polar surface area (TPSA) is 71.7 Å². The van der Waals surface area contributed by atoms with E-state index in [9.17, 15) is 4.39 Å². The highest BCUT2D eigenvalue weighted by atomic mass is 127. The zero-order valence-corrected chi connectivity index (χ0v) is 18.7. The summed E-state index contributed by atoms with van der Waals surface area (Å²) in [5, 5.41) is 6.35. The van der Waals surface area contributed by atoms with Crippen LogP contribution in [0.5, 0.6) is 0 Å². The molecule has 2 N–H and O–H groups in total. The van der Waals surface area contributed by atoms with E-state index in [2.05, 4.69) is 41.4 Å². The first kappa shape index (κ1) is 23.4. The van der Waals surface area contributed by atoms with Gasteiger partial charge in [-0.25, -0.2) is 9.37 Å². The molecule has 0 aliphatic heterocycles. The van der Waals surface area contributed by atoms with Crippen molar-refractivity contribution < 1.29 is 13.5 Å². The van der Waals surface area contributed by atoms with Crippen LogP contribution in [-0.2, 0) is 16.7 Å². The molecule has 0 aliphatic rings. The van der Waals surface area contributed by atoms with E-state index in [1.165, 1.54) is 12.1 Å². The second-order valence-corrected chi connectivity index (χ2v) is 6.95. The SMILES string of the molecule is CN=C(NCc1ncc(C(C)(C)C)o1)NCC(OC)c1ccc(F)cc1.I. The quantitative estimate of drug-likeness (QED) is 0.367. The first-order chi connectivity index (χ1) is 12.3. The van der Waals surface area contributed by atoms with Crippen molar-refractivity contribution in [3.8, 4) is 0 Å². The van der Waals surface area contributed by atoms with E-state index in [0.29, 0.717) is 24.9 Å². The second kappa shape index (κ2) is 10.6. The van der Waals surface area contributed by atoms with Crippen LogP contribution in [0.4, 0.5) is 4.39 Å². The van der Waals surface area contributed by atoms with Crippen molar-refractivity contribution in [1.82, 2.24) is 15.6 Å². The van der Waals surface area contributed by atoms with E-state index >= 15 is 0 Å². The number of ether oxygens (including phenoxy) is 1. The number of nitrogens with one attached hydrogen (secondary N) is 2. The Kier molecular flexibility index (Phi) is 9.17. The van der Waals surface area contributed by atoms with Crippen molar-refractivity contribution in [2.24, 2.45) is 4.99 Å². The number of hydrogen-bond acceptors (Lipinski definition) is 4. The van der Waals surface area contributed by atoms with Crippen LogP contribution in [0.3, 0.4) is 0 Å². The zero-order chi connectivity index (χ0) is 19.2. The monoisotopic (exact) mass is 490 g/mol. The third-order valence-electron chi connectivity index (χ3n) is 3.90. The van der Waals surface area contributed by atoms with Gasteiger partial charge >= 0.3 is 0 Å². The standard InChI is InChI=1S/C19H27FN4O2.HI/c1-19(2,3)16-11-22-17(26-16)12-24-18(21-4)23-10-15(25-5)13-6-8-14(20)9-7-13;/h6-9,11,15H,10,12H2,1-5H3,(H2,21,23,24);1H. The summed E-state index contributed by atoms with van der Waals surface area (Å²) in [4.78, 5) is 8.47. The zero-order valence-electron chi connectivity index (χ0n) is 16.4. The molecule has 1 atom stereocenters. The maximum atomic E-state index is 13.1. The van der Waals surface area contributed by atoms with Crippen LogP contribution in [0.1, 0.15) is 44.1 Å². The molecule has 1 aromatic carbocycles. The molecule has 0 fully saturated rings. The molecule has 27 heavy (non-hydrogen) atoms. The lowest BCUT2D eigenvalue weighted by Gasteiger charge is -2.18. The molecule has 0 aliphatic carbocycles. The number of nitrogens with zero attached hydrogens (tertiary/aromatic N) is 2. The van der Waals surface area contributed by atoms with Crippen molar-refractivity contribution in [2.75, 3.05) is 20.7 Å². The first-order valence-electron chi connectivity index (χ1n) is 8.51. The van der Waals surface area contributed by atoms with Gasteiger partial charge in [0.2, 0.25) is 5.89 Å². The summed E-state index contributed by atoms with van der Waals surface area (Å²) in [6.07, 6.45) is 1.53. The van der Waals surface area contributed by atoms with Gasteiger partial charge in [-0.15, -0.1) is 24.0 Å². The van der Waals surface area contributed by atoms with Gasteiger partial charge in [-0.2, -0.15) is 0 Å². The number of rotatable bonds is 6. The lowest BCUT2D eigenvalue weighted by molar-refractivity contribution is 0.106. The van der Waals surface area contributed by atoms with Gasteiger partial charge in [-0.05, 0) is 17.7 Å². The number of guanidine groups is 1. The molecule has 0 bridgehead atoms. The normalized spacial score (nSPS) is 13.0. The average Bonchev–Trinajstić information content (AvgIpc) is 3.09. The highest BCUT2D eigenvalue weighted by Crippen LogP contribution is 2.22. The molecule has 2 rings (SSSR count). The van der Waals surface area contributed by atoms with Crippen LogP contribution in [0.2, 0.25) is 0 Å². The van der Waals surface area contributed by atoms with Crippen molar-refractivity contribution in [2.45, 2.75) is 38.8 Å². The smallest absolute Gasteiger partial charge is 0.213 e. The fourth-order valence-corrected chi connectivity index (χ4v) is 2.32. The first-order valence-corrected chi connectivity index (χ1v) is 8.51. The maximum Gasteiger partial charge on any atom is 0.213 e. The minimum atomic E-state index is -0.269. The molecule has 8 heteroatoms. The van der Waals surface area contributed by atoms with Gasteiger partial charge < -0.3 is 19.8 Å². The van der Waals surface area contributed by atoms with Crippen LogP contribution in [-0.4, -0.2) is 31.6 Å². The van der Waals surface area contributed by atoms with Gasteiger partial charge in [0, 0.05) is 26.1 Å². The van der Waals surface area contributed by atoms with Gasteiger partial charge in [0.05, 0.1) is 18.8 Å². The minimum absolute atomic E-state index is 0. The molecule has 0 spiro atoms. The Morgan fingerprint density at radius 2 is 1.93 bits per heavy atom. The largest absolute Gasteiger partial charge is 0.443 e. The van der Waals surface area contributed by atoms with Gasteiger partial charge in [0.1, 0.15) is 11.6 Å². The van der Waals surface area contributed by atoms with Crippen molar-refractivity contribution in [3.05, 3.63) is 53.5 Å². The number of hydrogen-bond donors (Lipinski definition) is 2. The number of methoxy groups -OCH3 is 1. The number of aliphatic imine (C=N–C) groups is 1. The van der Waals surface area contributed by atoms with E-state index in [4.69, 9.17) is 9.15 Å². The summed E-state index contributed by atoms with van der Waals surface area (Å²) in [7, 11) is 3.30. The van der Waals surface area contributed by atoms with E-state index in [1.807, 2.05) is 0 Å². The Bertz CT molecular complexity index is 726. The highest BCUT2D eigenvalue weighted by Gasteiger charge is 2.19. The number of aromatic nitrogens is 1. The molecule has 0 saturated heterocycles. The van der Waals surface area contributed by atoms with Gasteiger partial charge in [0.15, 0.2) is 5.96 Å². The Hall–Kier alpha value is -1.68. The lowest BCUT2D eigenvalue weighted by atomic mass is 9.94. The summed E-state index contributed by atoms with van der Waals surface area (Å²) in [5.74, 6) is 1.77. The van der Waals surface area contributed by atoms with Gasteiger partial charge in [0.25, 0.3) is 0 Å². The summed E-state index contributed by atoms with van der Waals surface area (Å²) in [6, 6.07) is 6.26. The minimum Gasteiger partial charge on any atom is -0.443 e. The molecule has 0 amide bonds. The van der Waals surface area contributed by atoms with Crippen LogP contribution in [0, 0.1) is 5.82 Å². The molecule has 0 saturated carbocycles. The summed E-state index contributed by atoms with van der Waals surface area (Å²) < 4.78 is 24.3. The molecule has 1 aromatic heterocycles. The van der Waals surface area contributed by atoms with Crippen LogP contribution >= 0.6 is 24.0 Å². The van der Waals surface area contributed by atoms with E-state index in [-0.39, 0.29) is 41.3 Å². The van der Waals surface area contributed by atoms with Crippen molar-refractivity contribution in [1.29, 1.82) is 0 Å². The Morgan fingerprint density at radius 1 is 1.26 bits per heavy atom. The molecule has 150 valence electrons. The molecule has 0 radical (unpaired) electrons. The summed E-state index contributed by atoms with van der Waals surface area (Å²) in [6.45, 7) is 7.13. The Balaban J connectivity index is 0.00000364. The fraction of sp³-hybridized carbons (Fsp3) is 0.474. The summed E-state index contributed by atoms with van der Waals surface area (Å²) >= 11 is 0. The van der Waals surface area contributed by atoms with Crippen LogP contribution in [0.15, 0.2) is 39.9 Å². The van der Waals surface area contributed by atoms with Crippen LogP contribution < -0.4 is 10.6 Å². The van der Waals surface area contributed by atoms with Crippen LogP contribution in [0.25, 0.3) is 0 Å². The number of benzene rings is 1. The fourth-order valence-electron chi connectivity index (χ4n) is 2.32. The van der Waals surface area contributed by atoms with E-state index in [0.717, 1.165) is 11.3 Å². The predicted molar refractivity (Wildman–Crippen MR) is 115 cm³/mol. The third kappa shape index (κ3) is 7.10. The third-order valence-corrected chi connectivity index (χ3v) is 3.90. The maximum absolute atomic E-state index is 13.1. The Labute approximate surface area is 177 Å². The number of oxazole rings is 1. The predicted octanol–water partition coefficient (Wildman–Crippen LogP) is 3.78. The molecule has 1 heterocycles. The van der Waals surface area contributed by atoms with Crippen molar-refractivity contribution >= 4 is 29.9 Å². The van der Waals surface area contributed by atoms with E-state index in [1.54, 1.807) is 32.5 Å². The highest BCUT2D eigenvalue weighted by molar-refractivity contribution is 14.0. The van der Waals surface area contributed by atoms with Gasteiger partial charge in [-0.1, -0.05) is 32.9 Å². The lowest BCUT2D eigenvalue weighted by Crippen LogP contribution is -2.39. The Morgan fingerprint density at radius 3 is 2.44 bits per heavy atom. The van der Waals surface area contributed by atoms with Gasteiger partial charge in [-0.3, -0.25) is 4.99 Å². The average molecular weight is 490 g/mol. The molecular weight excluding hydrogens is 462 g/mol. The van der Waals surface area contributed by atoms with E-state index < -0.39 is 0 Å². The summed E-state index contributed by atoms with van der Waals surface area (Å²) in [5.41, 5.74) is 0.811. The molecule has 1 unspecified atom stereocenters. The number of halogens is 2. The molecule has 2 aromatic rings. The second-order valence-electron chi connectivity index (χ2n) is 6.95. The van der Waals surface area contributed by atoms with Crippen molar-refractivity contribution in [3.63, 3.8) is 0 Å². The molecule has 6 nitrogen and oxygen atoms in total.